The van der Waals surface area contributed by atoms with E-state index in [4.69, 9.17) is 0 Å². The molecule has 0 rings (SSSR count). The van der Waals surface area contributed by atoms with E-state index < -0.39 is 18.4 Å². The molecule has 0 aliphatic carbocycles. The second kappa shape index (κ2) is 12.8. The standard InChI is InChI=1S/C8H17.2C4H9.CH3.Sn/c1-3-5-7-8-6-4-2;2*1-3-4-2;;/h1,3-8H2,2H3;2*1,3-4H2,2H3;1H3;. The Morgan fingerprint density at radius 3 is 1.39 bits per heavy atom. The van der Waals surface area contributed by atoms with Gasteiger partial charge in [-0.2, -0.15) is 0 Å². The molecule has 0 fully saturated rings. The molecule has 0 heterocycles. The van der Waals surface area contributed by atoms with Gasteiger partial charge in [-0.15, -0.1) is 0 Å². The fraction of sp³-hybridized carbons (Fsp3) is 1.00. The summed E-state index contributed by atoms with van der Waals surface area (Å²) in [4.78, 5) is 2.76. The third-order valence-corrected chi connectivity index (χ3v) is 17.8. The van der Waals surface area contributed by atoms with Gasteiger partial charge in [0.15, 0.2) is 0 Å². The van der Waals surface area contributed by atoms with Gasteiger partial charge in [0.05, 0.1) is 0 Å². The fourth-order valence-electron chi connectivity index (χ4n) is 2.91. The van der Waals surface area contributed by atoms with Crippen molar-refractivity contribution in [1.29, 1.82) is 0 Å². The Labute approximate surface area is 121 Å². The normalized spacial score (nSPS) is 12.0. The molecular formula is C17H38Sn. The van der Waals surface area contributed by atoms with Gasteiger partial charge in [0.2, 0.25) is 0 Å². The fourth-order valence-corrected chi connectivity index (χ4v) is 15.1. The van der Waals surface area contributed by atoms with Crippen LogP contribution in [0.2, 0.25) is 18.2 Å². The monoisotopic (exact) mass is 362 g/mol. The van der Waals surface area contributed by atoms with E-state index in [1.54, 1.807) is 19.7 Å². The predicted molar refractivity (Wildman–Crippen MR) is 89.2 cm³/mol. The summed E-state index contributed by atoms with van der Waals surface area (Å²) < 4.78 is 5.01. The van der Waals surface area contributed by atoms with E-state index >= 15 is 0 Å². The summed E-state index contributed by atoms with van der Waals surface area (Å²) in [6, 6.07) is 0. The molecule has 0 unspecified atom stereocenters. The van der Waals surface area contributed by atoms with Crippen molar-refractivity contribution in [2.45, 2.75) is 103 Å². The zero-order valence-corrected chi connectivity index (χ0v) is 16.5. The predicted octanol–water partition coefficient (Wildman–Crippen LogP) is 7.03. The maximum absolute atomic E-state index is 2.76. The van der Waals surface area contributed by atoms with Crippen molar-refractivity contribution >= 4 is 18.4 Å². The van der Waals surface area contributed by atoms with Gasteiger partial charge < -0.3 is 0 Å². The Bertz CT molecular complexity index is 157. The SMILES string of the molecule is CCCCCCC[CH2][Sn]([CH3])([CH2]CCC)[CH2]CCC. The van der Waals surface area contributed by atoms with Gasteiger partial charge in [0.25, 0.3) is 0 Å². The van der Waals surface area contributed by atoms with Crippen molar-refractivity contribution in [3.63, 3.8) is 0 Å². The van der Waals surface area contributed by atoms with Gasteiger partial charge in [0, 0.05) is 0 Å². The van der Waals surface area contributed by atoms with E-state index in [1.165, 1.54) is 57.8 Å². The van der Waals surface area contributed by atoms with Crippen molar-refractivity contribution in [3.8, 4) is 0 Å². The minimum atomic E-state index is -1.63. The molecule has 0 spiro atoms. The van der Waals surface area contributed by atoms with Crippen LogP contribution in [0.5, 0.6) is 0 Å². The molecule has 0 radical (unpaired) electrons. The molecule has 0 atom stereocenters. The van der Waals surface area contributed by atoms with Gasteiger partial charge in [-0.3, -0.25) is 0 Å². The minimum absolute atomic E-state index is 1.38. The Morgan fingerprint density at radius 1 is 0.500 bits per heavy atom. The first-order chi connectivity index (χ1) is 8.68. The quantitative estimate of drug-likeness (QED) is 0.244. The molecule has 0 aliphatic rings. The third-order valence-electron chi connectivity index (χ3n) is 4.40. The van der Waals surface area contributed by atoms with E-state index in [1.807, 2.05) is 0 Å². The second-order valence-corrected chi connectivity index (χ2v) is 21.2. The van der Waals surface area contributed by atoms with Crippen LogP contribution < -0.4 is 0 Å². The first-order valence-electron chi connectivity index (χ1n) is 8.68. The molecule has 0 aromatic heterocycles. The number of unbranched alkanes of at least 4 members (excludes halogenated alkanes) is 7. The molecule has 0 N–H and O–H groups in total. The third kappa shape index (κ3) is 10.7. The molecule has 110 valence electrons. The van der Waals surface area contributed by atoms with Crippen LogP contribution in [-0.4, -0.2) is 18.4 Å². The van der Waals surface area contributed by atoms with E-state index in [0.29, 0.717) is 0 Å². The van der Waals surface area contributed by atoms with Gasteiger partial charge in [-0.1, -0.05) is 0 Å². The van der Waals surface area contributed by atoms with Gasteiger partial charge in [-0.05, 0) is 0 Å². The Kier molecular flexibility index (Phi) is 13.4. The molecule has 1 heteroatoms. The molecule has 0 aromatic rings. The molecule has 0 aliphatic heterocycles. The molecular weight excluding hydrogens is 323 g/mol. The number of hydrogen-bond donors (Lipinski definition) is 0. The van der Waals surface area contributed by atoms with Crippen molar-refractivity contribution in [2.24, 2.45) is 0 Å². The van der Waals surface area contributed by atoms with E-state index in [2.05, 4.69) is 25.7 Å². The van der Waals surface area contributed by atoms with E-state index in [0.717, 1.165) is 0 Å². The average molecular weight is 361 g/mol. The van der Waals surface area contributed by atoms with Crippen molar-refractivity contribution in [1.82, 2.24) is 0 Å². The summed E-state index contributed by atoms with van der Waals surface area (Å²) in [5, 5.41) is 0. The zero-order valence-electron chi connectivity index (χ0n) is 13.7. The number of hydrogen-bond acceptors (Lipinski definition) is 0. The Hall–Kier alpha value is 0.799. The summed E-state index contributed by atoms with van der Waals surface area (Å²) in [5.41, 5.74) is 0. The maximum atomic E-state index is 2.76. The van der Waals surface area contributed by atoms with Crippen LogP contribution in [0, 0.1) is 0 Å². The number of rotatable bonds is 13. The van der Waals surface area contributed by atoms with Crippen molar-refractivity contribution in [3.05, 3.63) is 0 Å². The van der Waals surface area contributed by atoms with Crippen LogP contribution >= 0.6 is 0 Å². The van der Waals surface area contributed by atoms with Crippen molar-refractivity contribution in [2.75, 3.05) is 0 Å². The van der Waals surface area contributed by atoms with Gasteiger partial charge in [0.1, 0.15) is 0 Å². The summed E-state index contributed by atoms with van der Waals surface area (Å²) in [6.45, 7) is 7.02. The molecule has 0 saturated heterocycles. The Balaban J connectivity index is 3.77. The molecule has 0 bridgehead atoms. The summed E-state index contributed by atoms with van der Waals surface area (Å²) in [7, 11) is 0. The topological polar surface area (TPSA) is 0 Å². The van der Waals surface area contributed by atoms with Crippen LogP contribution in [-0.2, 0) is 0 Å². The van der Waals surface area contributed by atoms with Crippen LogP contribution in [0.1, 0.15) is 85.0 Å². The summed E-state index contributed by atoms with van der Waals surface area (Å²) in [5.74, 6) is 0. The van der Waals surface area contributed by atoms with Crippen LogP contribution in [0.4, 0.5) is 0 Å². The van der Waals surface area contributed by atoms with Crippen LogP contribution in [0.15, 0.2) is 0 Å². The summed E-state index contributed by atoms with van der Waals surface area (Å²) in [6.07, 6.45) is 14.7. The van der Waals surface area contributed by atoms with Gasteiger partial charge in [-0.25, -0.2) is 0 Å². The van der Waals surface area contributed by atoms with E-state index in [9.17, 15) is 0 Å². The molecule has 0 saturated carbocycles. The molecule has 0 aromatic carbocycles. The summed E-state index contributed by atoms with van der Waals surface area (Å²) >= 11 is -1.63. The first kappa shape index (κ1) is 18.8. The second-order valence-electron chi connectivity index (χ2n) is 6.54. The zero-order chi connectivity index (χ0) is 13.7. The van der Waals surface area contributed by atoms with Gasteiger partial charge >= 0.3 is 122 Å². The molecule has 18 heavy (non-hydrogen) atoms. The van der Waals surface area contributed by atoms with Crippen LogP contribution in [0.3, 0.4) is 0 Å². The molecule has 0 amide bonds. The first-order valence-corrected chi connectivity index (χ1v) is 17.6. The van der Waals surface area contributed by atoms with Crippen molar-refractivity contribution < 1.29 is 0 Å². The molecule has 0 nitrogen and oxygen atoms in total. The van der Waals surface area contributed by atoms with E-state index in [-0.39, 0.29) is 0 Å². The Morgan fingerprint density at radius 2 is 0.889 bits per heavy atom. The van der Waals surface area contributed by atoms with Crippen LogP contribution in [0.25, 0.3) is 0 Å². The average Bonchev–Trinajstić information content (AvgIpc) is 2.38.